The van der Waals surface area contributed by atoms with E-state index in [0.29, 0.717) is 17.1 Å². The van der Waals surface area contributed by atoms with E-state index >= 15 is 0 Å². The van der Waals surface area contributed by atoms with Crippen molar-refractivity contribution in [2.24, 2.45) is 5.92 Å². The van der Waals surface area contributed by atoms with E-state index in [-0.39, 0.29) is 24.3 Å². The summed E-state index contributed by atoms with van der Waals surface area (Å²) in [6, 6.07) is 22.7. The van der Waals surface area contributed by atoms with Gasteiger partial charge in [-0.25, -0.2) is 4.98 Å². The molecule has 0 radical (unpaired) electrons. The Balaban J connectivity index is 1.20. The van der Waals surface area contributed by atoms with Gasteiger partial charge in [0.25, 0.3) is 5.91 Å². The van der Waals surface area contributed by atoms with Crippen LogP contribution >= 0.6 is 11.3 Å². The number of nitrogens with zero attached hydrogens (tertiary/aromatic N) is 1. The number of amides is 2. The number of nitrogens with one attached hydrogen (secondary N) is 2. The van der Waals surface area contributed by atoms with Crippen LogP contribution in [0.4, 0.5) is 11.4 Å². The van der Waals surface area contributed by atoms with Crippen LogP contribution in [0.15, 0.2) is 72.8 Å². The molecule has 0 bridgehead atoms. The first-order chi connectivity index (χ1) is 15.6. The number of benzene rings is 3. The third-order valence-electron chi connectivity index (χ3n) is 5.11. The molecule has 1 aromatic heterocycles. The normalized spacial score (nSPS) is 13.0. The highest BCUT2D eigenvalue weighted by molar-refractivity contribution is 7.21. The molecule has 0 spiro atoms. The second kappa shape index (κ2) is 8.80. The minimum absolute atomic E-state index is 0.0351. The monoisotopic (exact) mass is 443 g/mol. The number of para-hydroxylation sites is 1. The highest BCUT2D eigenvalue weighted by Crippen LogP contribution is 2.32. The van der Waals surface area contributed by atoms with Gasteiger partial charge in [0.1, 0.15) is 10.8 Å². The quantitative estimate of drug-likeness (QED) is 0.405. The first-order valence-corrected chi connectivity index (χ1v) is 11.3. The molecule has 1 aliphatic rings. The molecule has 3 aromatic carbocycles. The van der Waals surface area contributed by atoms with Crippen LogP contribution in [0.1, 0.15) is 12.8 Å². The first kappa shape index (κ1) is 20.2. The van der Waals surface area contributed by atoms with E-state index in [9.17, 15) is 9.59 Å². The summed E-state index contributed by atoms with van der Waals surface area (Å²) in [6.07, 6.45) is 1.89. The molecule has 4 aromatic rings. The summed E-state index contributed by atoms with van der Waals surface area (Å²) in [5, 5.41) is 6.65. The highest BCUT2D eigenvalue weighted by atomic mass is 32.1. The lowest BCUT2D eigenvalue weighted by molar-refractivity contribution is -0.118. The maximum absolute atomic E-state index is 12.4. The van der Waals surface area contributed by atoms with Crippen LogP contribution in [0.2, 0.25) is 0 Å². The van der Waals surface area contributed by atoms with Gasteiger partial charge in [0.05, 0.1) is 10.2 Å². The Bertz CT molecular complexity index is 1260. The van der Waals surface area contributed by atoms with Crippen molar-refractivity contribution in [3.8, 4) is 16.3 Å². The van der Waals surface area contributed by atoms with E-state index in [1.807, 2.05) is 48.5 Å². The molecule has 1 saturated carbocycles. The molecule has 32 heavy (non-hydrogen) atoms. The van der Waals surface area contributed by atoms with E-state index in [4.69, 9.17) is 4.74 Å². The van der Waals surface area contributed by atoms with Crippen molar-refractivity contribution in [3.63, 3.8) is 0 Å². The molecule has 2 amide bonds. The summed E-state index contributed by atoms with van der Waals surface area (Å²) in [6.45, 7) is -0.134. The topological polar surface area (TPSA) is 80.3 Å². The lowest BCUT2D eigenvalue weighted by atomic mass is 10.2. The highest BCUT2D eigenvalue weighted by Gasteiger charge is 2.29. The summed E-state index contributed by atoms with van der Waals surface area (Å²) in [5.41, 5.74) is 3.26. The van der Waals surface area contributed by atoms with E-state index in [0.717, 1.165) is 33.6 Å². The maximum Gasteiger partial charge on any atom is 0.262 e. The molecule has 160 valence electrons. The molecular formula is C25H21N3O3S. The molecule has 5 rings (SSSR count). The van der Waals surface area contributed by atoms with Gasteiger partial charge in [0, 0.05) is 28.9 Å². The Morgan fingerprint density at radius 1 is 0.938 bits per heavy atom. The molecule has 1 fully saturated rings. The van der Waals surface area contributed by atoms with Crippen LogP contribution in [0.5, 0.6) is 5.75 Å². The van der Waals surface area contributed by atoms with Crippen LogP contribution in [0, 0.1) is 5.92 Å². The number of fused-ring (bicyclic) bond motifs is 1. The van der Waals surface area contributed by atoms with Crippen molar-refractivity contribution in [1.82, 2.24) is 4.98 Å². The molecule has 0 atom stereocenters. The number of hydrogen-bond acceptors (Lipinski definition) is 5. The smallest absolute Gasteiger partial charge is 0.262 e. The van der Waals surface area contributed by atoms with Crippen LogP contribution < -0.4 is 15.4 Å². The molecule has 0 saturated heterocycles. The van der Waals surface area contributed by atoms with Crippen LogP contribution in [-0.4, -0.2) is 23.4 Å². The molecule has 0 unspecified atom stereocenters. The van der Waals surface area contributed by atoms with E-state index in [1.165, 1.54) is 0 Å². The standard InChI is InChI=1S/C25H21N3O3S/c29-23(15-31-20-8-4-7-19(14-20)27-24(30)16-11-12-16)26-18-6-3-5-17(13-18)25-28-21-9-1-2-10-22(21)32-25/h1-10,13-14,16H,11-12,15H2,(H,26,29)(H,27,30). The van der Waals surface area contributed by atoms with Gasteiger partial charge < -0.3 is 15.4 Å². The predicted molar refractivity (Wildman–Crippen MR) is 127 cm³/mol. The number of rotatable bonds is 7. The van der Waals surface area contributed by atoms with E-state index in [2.05, 4.69) is 15.6 Å². The molecule has 6 nitrogen and oxygen atoms in total. The molecule has 1 aliphatic carbocycles. The zero-order valence-electron chi connectivity index (χ0n) is 17.2. The fourth-order valence-corrected chi connectivity index (χ4v) is 4.29. The molecule has 7 heteroatoms. The largest absolute Gasteiger partial charge is 0.484 e. The van der Waals surface area contributed by atoms with Crippen molar-refractivity contribution in [2.75, 3.05) is 17.2 Å². The number of anilines is 2. The Kier molecular flexibility index (Phi) is 5.56. The van der Waals surface area contributed by atoms with Crippen LogP contribution in [0.25, 0.3) is 20.8 Å². The summed E-state index contributed by atoms with van der Waals surface area (Å²) in [5.74, 6) is 0.424. The van der Waals surface area contributed by atoms with Crippen molar-refractivity contribution in [2.45, 2.75) is 12.8 Å². The Hall–Kier alpha value is -3.71. The van der Waals surface area contributed by atoms with Gasteiger partial charge in [-0.2, -0.15) is 0 Å². The predicted octanol–water partition coefficient (Wildman–Crippen LogP) is 5.33. The summed E-state index contributed by atoms with van der Waals surface area (Å²) in [7, 11) is 0. The van der Waals surface area contributed by atoms with Gasteiger partial charge in [0.2, 0.25) is 5.91 Å². The van der Waals surface area contributed by atoms with Gasteiger partial charge in [0.15, 0.2) is 6.61 Å². The van der Waals surface area contributed by atoms with E-state index in [1.54, 1.807) is 35.6 Å². The summed E-state index contributed by atoms with van der Waals surface area (Å²) in [4.78, 5) is 29.0. The lowest BCUT2D eigenvalue weighted by Crippen LogP contribution is -2.20. The van der Waals surface area contributed by atoms with Gasteiger partial charge in [-0.3, -0.25) is 9.59 Å². The van der Waals surface area contributed by atoms with Crippen LogP contribution in [-0.2, 0) is 9.59 Å². The molecule has 1 heterocycles. The first-order valence-electron chi connectivity index (χ1n) is 10.4. The third kappa shape index (κ3) is 4.78. The Labute approximate surface area is 189 Å². The van der Waals surface area contributed by atoms with Crippen LogP contribution in [0.3, 0.4) is 0 Å². The SMILES string of the molecule is O=C(COc1cccc(NC(=O)C2CC2)c1)Nc1cccc(-c2nc3ccccc3s2)c1. The third-order valence-corrected chi connectivity index (χ3v) is 6.19. The fraction of sp³-hybridized carbons (Fsp3) is 0.160. The number of aromatic nitrogens is 1. The molecular weight excluding hydrogens is 422 g/mol. The van der Waals surface area contributed by atoms with Crippen molar-refractivity contribution in [1.29, 1.82) is 0 Å². The minimum Gasteiger partial charge on any atom is -0.484 e. The second-order valence-electron chi connectivity index (χ2n) is 7.70. The number of carbonyl (C=O) groups excluding carboxylic acids is 2. The summed E-state index contributed by atoms with van der Waals surface area (Å²) < 4.78 is 6.75. The minimum atomic E-state index is -0.265. The van der Waals surface area contributed by atoms with Gasteiger partial charge in [-0.05, 0) is 49.2 Å². The number of thiazole rings is 1. The molecule has 0 aliphatic heterocycles. The molecule has 2 N–H and O–H groups in total. The van der Waals surface area contributed by atoms with Crippen molar-refractivity contribution in [3.05, 3.63) is 72.8 Å². The lowest BCUT2D eigenvalue weighted by Gasteiger charge is -2.10. The maximum atomic E-state index is 12.4. The average Bonchev–Trinajstić information content (AvgIpc) is 3.57. The van der Waals surface area contributed by atoms with E-state index < -0.39 is 0 Å². The zero-order valence-corrected chi connectivity index (χ0v) is 18.0. The number of ether oxygens (including phenoxy) is 1. The fourth-order valence-electron chi connectivity index (χ4n) is 3.33. The Morgan fingerprint density at radius 2 is 1.72 bits per heavy atom. The van der Waals surface area contributed by atoms with Gasteiger partial charge in [-0.15, -0.1) is 11.3 Å². The second-order valence-corrected chi connectivity index (χ2v) is 8.73. The zero-order chi connectivity index (χ0) is 21.9. The average molecular weight is 444 g/mol. The van der Waals surface area contributed by atoms with Crippen molar-refractivity contribution < 1.29 is 14.3 Å². The summed E-state index contributed by atoms with van der Waals surface area (Å²) >= 11 is 1.62. The van der Waals surface area contributed by atoms with Gasteiger partial charge in [-0.1, -0.05) is 30.3 Å². The number of hydrogen-bond donors (Lipinski definition) is 2. The number of carbonyl (C=O) groups is 2. The van der Waals surface area contributed by atoms with Gasteiger partial charge >= 0.3 is 0 Å². The Morgan fingerprint density at radius 3 is 2.53 bits per heavy atom. The van der Waals surface area contributed by atoms with Crippen molar-refractivity contribution >= 4 is 44.7 Å².